The molecule has 1 amide bonds. The summed E-state index contributed by atoms with van der Waals surface area (Å²) in [7, 11) is 4.34. The minimum absolute atomic E-state index is 0.160. The molecule has 1 atom stereocenters. The second kappa shape index (κ2) is 9.32. The van der Waals surface area contributed by atoms with Gasteiger partial charge in [-0.2, -0.15) is 0 Å². The van der Waals surface area contributed by atoms with Crippen LogP contribution in [0.5, 0.6) is 17.2 Å². The molecule has 2 aromatic rings. The van der Waals surface area contributed by atoms with Crippen LogP contribution in [0.3, 0.4) is 0 Å². The average Bonchev–Trinajstić information content (AvgIpc) is 2.69. The number of methoxy groups -OCH3 is 3. The smallest absolute Gasteiger partial charge is 0.339 e. The Morgan fingerprint density at radius 1 is 1.00 bits per heavy atom. The molecule has 0 fully saturated rings. The molecular formula is C20H22ClNO6. The molecule has 0 unspecified atom stereocenters. The van der Waals surface area contributed by atoms with Gasteiger partial charge in [0.1, 0.15) is 0 Å². The first-order valence-corrected chi connectivity index (χ1v) is 8.76. The Labute approximate surface area is 168 Å². The summed E-state index contributed by atoms with van der Waals surface area (Å²) in [5, 5.41) is 3.19. The zero-order chi connectivity index (χ0) is 20.8. The lowest BCUT2D eigenvalue weighted by Gasteiger charge is -2.16. The van der Waals surface area contributed by atoms with Crippen molar-refractivity contribution in [2.24, 2.45) is 0 Å². The molecule has 28 heavy (non-hydrogen) atoms. The summed E-state index contributed by atoms with van der Waals surface area (Å²) in [5.74, 6) is -0.222. The van der Waals surface area contributed by atoms with Gasteiger partial charge in [0.2, 0.25) is 5.75 Å². The van der Waals surface area contributed by atoms with Gasteiger partial charge >= 0.3 is 5.97 Å². The number of rotatable bonds is 7. The topological polar surface area (TPSA) is 83.1 Å². The van der Waals surface area contributed by atoms with Crippen molar-refractivity contribution in [3.8, 4) is 17.2 Å². The molecule has 0 radical (unpaired) electrons. The molecule has 0 saturated heterocycles. The number of esters is 1. The van der Waals surface area contributed by atoms with Crippen molar-refractivity contribution in [3.05, 3.63) is 46.5 Å². The monoisotopic (exact) mass is 407 g/mol. The van der Waals surface area contributed by atoms with Crippen LogP contribution < -0.4 is 19.5 Å². The molecule has 0 aliphatic heterocycles. The Balaban J connectivity index is 2.15. The van der Waals surface area contributed by atoms with Gasteiger partial charge in [0.05, 0.1) is 26.9 Å². The van der Waals surface area contributed by atoms with Crippen LogP contribution in [0.4, 0.5) is 5.69 Å². The van der Waals surface area contributed by atoms with Crippen LogP contribution in [0.1, 0.15) is 22.8 Å². The van der Waals surface area contributed by atoms with Gasteiger partial charge in [0.25, 0.3) is 5.91 Å². The number of carbonyl (C=O) groups excluding carboxylic acids is 2. The molecule has 0 aliphatic carbocycles. The highest BCUT2D eigenvalue weighted by molar-refractivity contribution is 6.31. The number of hydrogen-bond acceptors (Lipinski definition) is 6. The average molecular weight is 408 g/mol. The predicted octanol–water partition coefficient (Wildman–Crippen LogP) is 3.86. The maximum absolute atomic E-state index is 12.5. The zero-order valence-corrected chi connectivity index (χ0v) is 17.0. The van der Waals surface area contributed by atoms with E-state index in [9.17, 15) is 9.59 Å². The van der Waals surface area contributed by atoms with Crippen molar-refractivity contribution in [1.82, 2.24) is 0 Å². The fraction of sp³-hybridized carbons (Fsp3) is 0.300. The second-order valence-corrected chi connectivity index (χ2v) is 6.35. The van der Waals surface area contributed by atoms with Crippen LogP contribution in [0.2, 0.25) is 5.02 Å². The van der Waals surface area contributed by atoms with Gasteiger partial charge in [0.15, 0.2) is 17.6 Å². The number of carbonyl (C=O) groups is 2. The van der Waals surface area contributed by atoms with Gasteiger partial charge < -0.3 is 24.3 Å². The molecule has 8 heteroatoms. The van der Waals surface area contributed by atoms with E-state index in [1.165, 1.54) is 40.4 Å². The fourth-order valence-electron chi connectivity index (χ4n) is 2.44. The number of nitrogens with one attached hydrogen (secondary N) is 1. The summed E-state index contributed by atoms with van der Waals surface area (Å²) in [6, 6.07) is 8.04. The van der Waals surface area contributed by atoms with Gasteiger partial charge in [-0.3, -0.25) is 4.79 Å². The van der Waals surface area contributed by atoms with E-state index in [-0.39, 0.29) is 5.56 Å². The molecule has 0 heterocycles. The van der Waals surface area contributed by atoms with Crippen LogP contribution in [-0.4, -0.2) is 39.3 Å². The molecule has 0 bridgehead atoms. The molecule has 0 aliphatic rings. The minimum atomic E-state index is -1.04. The molecular weight excluding hydrogens is 386 g/mol. The van der Waals surface area contributed by atoms with E-state index in [2.05, 4.69) is 5.32 Å². The standard InChI is InChI=1S/C20H22ClNO6/c1-11-6-7-14(21)10-15(11)22-19(23)12(2)28-20(24)13-8-16(25-3)18(27-5)17(9-13)26-4/h6-10,12H,1-5H3,(H,22,23)/t12-/m1/s1. The Kier molecular flexibility index (Phi) is 7.12. The lowest BCUT2D eigenvalue weighted by atomic mass is 10.1. The normalized spacial score (nSPS) is 11.4. The van der Waals surface area contributed by atoms with Crippen molar-refractivity contribution < 1.29 is 28.5 Å². The summed E-state index contributed by atoms with van der Waals surface area (Å²) in [5.41, 5.74) is 1.54. The largest absolute Gasteiger partial charge is 0.493 e. The summed E-state index contributed by atoms with van der Waals surface area (Å²) < 4.78 is 20.9. The number of amides is 1. The van der Waals surface area contributed by atoms with Crippen LogP contribution in [-0.2, 0) is 9.53 Å². The predicted molar refractivity (Wildman–Crippen MR) is 106 cm³/mol. The molecule has 0 aromatic heterocycles. The highest BCUT2D eigenvalue weighted by Gasteiger charge is 2.22. The number of hydrogen-bond donors (Lipinski definition) is 1. The number of halogens is 1. The minimum Gasteiger partial charge on any atom is -0.493 e. The lowest BCUT2D eigenvalue weighted by Crippen LogP contribution is -2.30. The first-order valence-electron chi connectivity index (χ1n) is 8.38. The van der Waals surface area contributed by atoms with E-state index in [1.54, 1.807) is 18.2 Å². The summed E-state index contributed by atoms with van der Waals surface area (Å²) in [4.78, 5) is 24.9. The molecule has 2 rings (SSSR count). The number of ether oxygens (including phenoxy) is 4. The first-order chi connectivity index (χ1) is 13.3. The van der Waals surface area contributed by atoms with Crippen molar-refractivity contribution in [2.75, 3.05) is 26.6 Å². The first kappa shape index (κ1) is 21.4. The third kappa shape index (κ3) is 4.86. The van der Waals surface area contributed by atoms with E-state index >= 15 is 0 Å². The van der Waals surface area contributed by atoms with Crippen LogP contribution >= 0.6 is 11.6 Å². The van der Waals surface area contributed by atoms with E-state index in [0.717, 1.165) is 5.56 Å². The Morgan fingerprint density at radius 2 is 1.61 bits per heavy atom. The highest BCUT2D eigenvalue weighted by Crippen LogP contribution is 2.38. The van der Waals surface area contributed by atoms with Crippen LogP contribution in [0.15, 0.2) is 30.3 Å². The SMILES string of the molecule is COc1cc(C(=O)O[C@H](C)C(=O)Nc2cc(Cl)ccc2C)cc(OC)c1OC. The Hall–Kier alpha value is -2.93. The van der Waals surface area contributed by atoms with Gasteiger partial charge in [-0.15, -0.1) is 0 Å². The van der Waals surface area contributed by atoms with Crippen molar-refractivity contribution >= 4 is 29.2 Å². The highest BCUT2D eigenvalue weighted by atomic mass is 35.5. The van der Waals surface area contributed by atoms with E-state index in [1.807, 2.05) is 6.92 Å². The maximum Gasteiger partial charge on any atom is 0.339 e. The number of benzene rings is 2. The quantitative estimate of drug-likeness (QED) is 0.702. The Bertz CT molecular complexity index is 858. The van der Waals surface area contributed by atoms with Gasteiger partial charge in [-0.05, 0) is 43.7 Å². The van der Waals surface area contributed by atoms with E-state index in [0.29, 0.717) is 28.0 Å². The van der Waals surface area contributed by atoms with E-state index in [4.69, 9.17) is 30.5 Å². The molecule has 1 N–H and O–H groups in total. The molecule has 7 nitrogen and oxygen atoms in total. The summed E-state index contributed by atoms with van der Waals surface area (Å²) in [6.45, 7) is 3.31. The van der Waals surface area contributed by atoms with Crippen LogP contribution in [0, 0.1) is 6.92 Å². The molecule has 0 saturated carbocycles. The second-order valence-electron chi connectivity index (χ2n) is 5.91. The van der Waals surface area contributed by atoms with Crippen molar-refractivity contribution in [2.45, 2.75) is 20.0 Å². The van der Waals surface area contributed by atoms with E-state index < -0.39 is 18.0 Å². The number of anilines is 1. The third-order valence-electron chi connectivity index (χ3n) is 4.01. The maximum atomic E-state index is 12.5. The van der Waals surface area contributed by atoms with Gasteiger partial charge in [-0.25, -0.2) is 4.79 Å². The third-order valence-corrected chi connectivity index (χ3v) is 4.25. The molecule has 2 aromatic carbocycles. The van der Waals surface area contributed by atoms with Gasteiger partial charge in [0, 0.05) is 10.7 Å². The van der Waals surface area contributed by atoms with Crippen molar-refractivity contribution in [1.29, 1.82) is 0 Å². The zero-order valence-electron chi connectivity index (χ0n) is 16.3. The summed E-state index contributed by atoms with van der Waals surface area (Å²) >= 11 is 5.96. The molecule has 150 valence electrons. The Morgan fingerprint density at radius 3 is 2.14 bits per heavy atom. The fourth-order valence-corrected chi connectivity index (χ4v) is 2.62. The lowest BCUT2D eigenvalue weighted by molar-refractivity contribution is -0.123. The van der Waals surface area contributed by atoms with Crippen LogP contribution in [0.25, 0.3) is 0 Å². The number of aryl methyl sites for hydroxylation is 1. The van der Waals surface area contributed by atoms with Crippen molar-refractivity contribution in [3.63, 3.8) is 0 Å². The molecule has 0 spiro atoms. The summed E-state index contributed by atoms with van der Waals surface area (Å²) in [6.07, 6.45) is -1.04. The van der Waals surface area contributed by atoms with Gasteiger partial charge in [-0.1, -0.05) is 17.7 Å².